The summed E-state index contributed by atoms with van der Waals surface area (Å²) in [5.41, 5.74) is 1.79. The predicted octanol–water partition coefficient (Wildman–Crippen LogP) is 2.61. The number of halogens is 1. The number of carbonyl (C=O) groups excluding carboxylic acids is 1. The van der Waals surface area contributed by atoms with E-state index in [0.717, 1.165) is 36.4 Å². The molecule has 1 aliphatic rings. The Balaban J connectivity index is 1.84. The van der Waals surface area contributed by atoms with Crippen LogP contribution in [0.3, 0.4) is 0 Å². The van der Waals surface area contributed by atoms with E-state index in [9.17, 15) is 4.79 Å². The summed E-state index contributed by atoms with van der Waals surface area (Å²) < 4.78 is 4.83. The lowest BCUT2D eigenvalue weighted by Crippen LogP contribution is -2.39. The van der Waals surface area contributed by atoms with Crippen molar-refractivity contribution >= 4 is 34.6 Å². The van der Waals surface area contributed by atoms with E-state index in [1.165, 1.54) is 7.11 Å². The van der Waals surface area contributed by atoms with E-state index < -0.39 is 0 Å². The van der Waals surface area contributed by atoms with Gasteiger partial charge in [0.1, 0.15) is 0 Å². The van der Waals surface area contributed by atoms with E-state index in [0.29, 0.717) is 11.6 Å². The van der Waals surface area contributed by atoms with E-state index >= 15 is 0 Å². The molecule has 1 aromatic carbocycles. The molecular weight excluding hydrogens is 278 g/mol. The van der Waals surface area contributed by atoms with Gasteiger partial charge in [-0.3, -0.25) is 4.79 Å². The van der Waals surface area contributed by atoms with Crippen molar-refractivity contribution in [1.82, 2.24) is 9.97 Å². The zero-order valence-corrected chi connectivity index (χ0v) is 12.0. The Morgan fingerprint density at radius 1 is 1.55 bits per heavy atom. The fourth-order valence-corrected chi connectivity index (χ4v) is 2.82. The first-order valence-electron chi connectivity index (χ1n) is 6.65. The van der Waals surface area contributed by atoms with Crippen LogP contribution in [0, 0.1) is 5.92 Å². The van der Waals surface area contributed by atoms with Crippen LogP contribution in [0.4, 0.5) is 5.95 Å². The third-order valence-corrected chi connectivity index (χ3v) is 3.92. The van der Waals surface area contributed by atoms with Gasteiger partial charge in [-0.1, -0.05) is 11.6 Å². The maximum absolute atomic E-state index is 11.7. The number of nitrogens with zero attached hydrogens (tertiary/aromatic N) is 2. The number of H-pyrrole nitrogens is 1. The summed E-state index contributed by atoms with van der Waals surface area (Å²) in [5, 5.41) is 0.679. The van der Waals surface area contributed by atoms with Gasteiger partial charge in [0.2, 0.25) is 5.95 Å². The third-order valence-electron chi connectivity index (χ3n) is 3.69. The van der Waals surface area contributed by atoms with Crippen LogP contribution in [0.5, 0.6) is 0 Å². The lowest BCUT2D eigenvalue weighted by molar-refractivity contribution is -0.145. The molecule has 1 saturated heterocycles. The lowest BCUT2D eigenvalue weighted by Gasteiger charge is -2.30. The van der Waals surface area contributed by atoms with Gasteiger partial charge in [0.05, 0.1) is 24.1 Å². The lowest BCUT2D eigenvalue weighted by atomic mass is 9.98. The number of ether oxygens (including phenoxy) is 1. The minimum absolute atomic E-state index is 0.0782. The van der Waals surface area contributed by atoms with Crippen LogP contribution >= 0.6 is 11.6 Å². The topological polar surface area (TPSA) is 58.2 Å². The second kappa shape index (κ2) is 5.32. The van der Waals surface area contributed by atoms with E-state index in [2.05, 4.69) is 14.9 Å². The van der Waals surface area contributed by atoms with E-state index in [1.54, 1.807) is 0 Å². The van der Waals surface area contributed by atoms with Gasteiger partial charge < -0.3 is 14.6 Å². The van der Waals surface area contributed by atoms with Gasteiger partial charge in [0.15, 0.2) is 0 Å². The van der Waals surface area contributed by atoms with Crippen LogP contribution in [0.1, 0.15) is 12.8 Å². The van der Waals surface area contributed by atoms with Crippen molar-refractivity contribution in [3.8, 4) is 0 Å². The smallest absolute Gasteiger partial charge is 0.310 e. The van der Waals surface area contributed by atoms with Gasteiger partial charge in [-0.25, -0.2) is 4.98 Å². The number of carbonyl (C=O) groups is 1. The standard InChI is InChI=1S/C14H16ClN3O2/c1-20-13(19)9-3-2-6-18(8-9)14-16-11-5-4-10(15)7-12(11)17-14/h4-5,7,9H,2-3,6,8H2,1H3,(H,16,17). The van der Waals surface area contributed by atoms with Crippen LogP contribution in [0.15, 0.2) is 18.2 Å². The maximum Gasteiger partial charge on any atom is 0.310 e. The molecule has 0 amide bonds. The van der Waals surface area contributed by atoms with Crippen LogP contribution < -0.4 is 4.90 Å². The molecule has 1 aliphatic heterocycles. The van der Waals surface area contributed by atoms with Crippen LogP contribution in [0.2, 0.25) is 5.02 Å². The molecule has 0 aliphatic carbocycles. The Kier molecular flexibility index (Phi) is 3.53. The summed E-state index contributed by atoms with van der Waals surface area (Å²) in [6, 6.07) is 5.57. The molecule has 1 aromatic heterocycles. The molecular formula is C14H16ClN3O2. The normalized spacial score (nSPS) is 19.3. The third kappa shape index (κ3) is 2.45. The number of nitrogens with one attached hydrogen (secondary N) is 1. The number of imidazole rings is 1. The second-order valence-corrected chi connectivity index (χ2v) is 5.47. The molecule has 5 nitrogen and oxygen atoms in total. The summed E-state index contributed by atoms with van der Waals surface area (Å²) in [4.78, 5) is 21.6. The largest absolute Gasteiger partial charge is 0.469 e. The number of hydrogen-bond donors (Lipinski definition) is 1. The van der Waals surface area contributed by atoms with Crippen molar-refractivity contribution in [2.24, 2.45) is 5.92 Å². The number of rotatable bonds is 2. The fraction of sp³-hybridized carbons (Fsp3) is 0.429. The Labute approximate surface area is 121 Å². The number of esters is 1. The highest BCUT2D eigenvalue weighted by Gasteiger charge is 2.27. The van der Waals surface area contributed by atoms with Crippen molar-refractivity contribution in [3.63, 3.8) is 0 Å². The van der Waals surface area contributed by atoms with Gasteiger partial charge in [0, 0.05) is 18.1 Å². The summed E-state index contributed by atoms with van der Waals surface area (Å²) >= 11 is 5.97. The average molecular weight is 294 g/mol. The van der Waals surface area contributed by atoms with E-state index in [1.807, 2.05) is 18.2 Å². The van der Waals surface area contributed by atoms with Gasteiger partial charge >= 0.3 is 5.97 Å². The van der Waals surface area contributed by atoms with Crippen molar-refractivity contribution in [3.05, 3.63) is 23.2 Å². The number of hydrogen-bond acceptors (Lipinski definition) is 4. The molecule has 0 radical (unpaired) electrons. The van der Waals surface area contributed by atoms with E-state index in [-0.39, 0.29) is 11.9 Å². The number of anilines is 1. The molecule has 0 bridgehead atoms. The SMILES string of the molecule is COC(=O)C1CCCN(c2nc3ccc(Cl)cc3[nH]2)C1. The van der Waals surface area contributed by atoms with Gasteiger partial charge in [-0.2, -0.15) is 0 Å². The van der Waals surface area contributed by atoms with Crippen molar-refractivity contribution in [2.45, 2.75) is 12.8 Å². The van der Waals surface area contributed by atoms with Gasteiger partial charge in [-0.15, -0.1) is 0 Å². The molecule has 1 N–H and O–H groups in total. The predicted molar refractivity (Wildman–Crippen MR) is 78.1 cm³/mol. The second-order valence-electron chi connectivity index (χ2n) is 5.03. The monoisotopic (exact) mass is 293 g/mol. The maximum atomic E-state index is 11.7. The first-order chi connectivity index (χ1) is 9.67. The number of aromatic amines is 1. The molecule has 0 spiro atoms. The number of aromatic nitrogens is 2. The highest BCUT2D eigenvalue weighted by molar-refractivity contribution is 6.31. The van der Waals surface area contributed by atoms with Crippen LogP contribution in [-0.4, -0.2) is 36.1 Å². The molecule has 6 heteroatoms. The highest BCUT2D eigenvalue weighted by atomic mass is 35.5. The number of methoxy groups -OCH3 is 1. The molecule has 3 rings (SSSR count). The number of fused-ring (bicyclic) bond motifs is 1. The quantitative estimate of drug-likeness (QED) is 0.865. The van der Waals surface area contributed by atoms with Gasteiger partial charge in [-0.05, 0) is 31.0 Å². The minimum Gasteiger partial charge on any atom is -0.469 e. The summed E-state index contributed by atoms with van der Waals surface area (Å²) in [5.74, 6) is 0.565. The summed E-state index contributed by atoms with van der Waals surface area (Å²) in [6.07, 6.45) is 1.83. The zero-order valence-electron chi connectivity index (χ0n) is 11.2. The highest BCUT2D eigenvalue weighted by Crippen LogP contribution is 2.25. The Morgan fingerprint density at radius 3 is 3.20 bits per heavy atom. The molecule has 1 unspecified atom stereocenters. The average Bonchev–Trinajstić information content (AvgIpc) is 2.89. The molecule has 0 saturated carbocycles. The number of piperidine rings is 1. The molecule has 2 heterocycles. The van der Waals surface area contributed by atoms with Crippen molar-refractivity contribution in [2.75, 3.05) is 25.1 Å². The van der Waals surface area contributed by atoms with Crippen LogP contribution in [0.25, 0.3) is 11.0 Å². The van der Waals surface area contributed by atoms with Crippen molar-refractivity contribution in [1.29, 1.82) is 0 Å². The van der Waals surface area contributed by atoms with Crippen LogP contribution in [-0.2, 0) is 9.53 Å². The Bertz CT molecular complexity index is 640. The summed E-state index contributed by atoms with van der Waals surface area (Å²) in [6.45, 7) is 1.53. The Hall–Kier alpha value is -1.75. The molecule has 2 aromatic rings. The Morgan fingerprint density at radius 2 is 2.40 bits per heavy atom. The first kappa shape index (κ1) is 13.2. The zero-order chi connectivity index (χ0) is 14.1. The minimum atomic E-state index is -0.145. The number of benzene rings is 1. The molecule has 1 atom stereocenters. The molecule has 20 heavy (non-hydrogen) atoms. The van der Waals surface area contributed by atoms with Gasteiger partial charge in [0.25, 0.3) is 0 Å². The molecule has 106 valence electrons. The van der Waals surface area contributed by atoms with E-state index in [4.69, 9.17) is 16.3 Å². The summed E-state index contributed by atoms with van der Waals surface area (Å²) in [7, 11) is 1.43. The molecule has 1 fully saturated rings. The van der Waals surface area contributed by atoms with Crippen molar-refractivity contribution < 1.29 is 9.53 Å². The first-order valence-corrected chi connectivity index (χ1v) is 7.03. The fourth-order valence-electron chi connectivity index (χ4n) is 2.65.